The second-order valence-corrected chi connectivity index (χ2v) is 17.2. The van der Waals surface area contributed by atoms with E-state index >= 15 is 0 Å². The summed E-state index contributed by atoms with van der Waals surface area (Å²) in [5.74, 6) is 0.691. The average molecular weight is 825 g/mol. The highest BCUT2D eigenvalue weighted by Crippen LogP contribution is 2.65. The highest BCUT2D eigenvalue weighted by atomic mass is 14.9. The van der Waals surface area contributed by atoms with Gasteiger partial charge in [0.1, 0.15) is 0 Å². The number of hydrogen-bond acceptors (Lipinski definition) is 2. The number of aromatic nitrogens is 2. The molecule has 2 aliphatic carbocycles. The van der Waals surface area contributed by atoms with Gasteiger partial charge in [0.15, 0.2) is 5.82 Å². The van der Waals surface area contributed by atoms with E-state index in [2.05, 4.69) is 237 Å². The van der Waals surface area contributed by atoms with Crippen molar-refractivity contribution >= 4 is 10.8 Å². The first-order valence-corrected chi connectivity index (χ1v) is 22.4. The van der Waals surface area contributed by atoms with Crippen LogP contribution in [0.25, 0.3) is 100 Å². The van der Waals surface area contributed by atoms with Crippen molar-refractivity contribution in [1.29, 1.82) is 0 Å². The van der Waals surface area contributed by atoms with Gasteiger partial charge in [0.2, 0.25) is 0 Å². The molecule has 13 rings (SSSR count). The van der Waals surface area contributed by atoms with Crippen molar-refractivity contribution in [3.05, 3.63) is 265 Å². The summed E-state index contributed by atoms with van der Waals surface area (Å²) in [7, 11) is 0. The van der Waals surface area contributed by atoms with E-state index in [4.69, 9.17) is 9.97 Å². The fraction of sp³-hybridized carbons (Fsp3) is 0.0159. The monoisotopic (exact) mass is 824 g/mol. The molecule has 0 fully saturated rings. The molecule has 0 bridgehead atoms. The van der Waals surface area contributed by atoms with Crippen molar-refractivity contribution in [2.75, 3.05) is 0 Å². The summed E-state index contributed by atoms with van der Waals surface area (Å²) >= 11 is 0. The van der Waals surface area contributed by atoms with E-state index in [1.165, 1.54) is 60.8 Å². The van der Waals surface area contributed by atoms with Crippen LogP contribution in [-0.4, -0.2) is 9.97 Å². The van der Waals surface area contributed by atoms with Crippen molar-refractivity contribution in [2.24, 2.45) is 0 Å². The third kappa shape index (κ3) is 5.81. The van der Waals surface area contributed by atoms with Gasteiger partial charge >= 0.3 is 0 Å². The molecule has 2 aliphatic rings. The lowest BCUT2D eigenvalue weighted by atomic mass is 9.69. The SMILES string of the molecule is c1ccc(-c2cc(-c3ccccc3)cc(-c3cc(-c4cccc(-c5cc6ccccc6c6c5-c5ccccc5C65c6ccccc6-c6ccccc65)c4)nc(-c4ccccc4)n3)c2)cc1. The predicted octanol–water partition coefficient (Wildman–Crippen LogP) is 16.0. The van der Waals surface area contributed by atoms with Crippen LogP contribution in [0.1, 0.15) is 22.3 Å². The molecule has 0 radical (unpaired) electrons. The topological polar surface area (TPSA) is 25.8 Å². The molecule has 0 saturated carbocycles. The Balaban J connectivity index is 1.04. The zero-order chi connectivity index (χ0) is 42.9. The molecule has 0 saturated heterocycles. The molecule has 1 aromatic heterocycles. The lowest BCUT2D eigenvalue weighted by Crippen LogP contribution is -2.26. The van der Waals surface area contributed by atoms with Crippen molar-refractivity contribution in [1.82, 2.24) is 9.97 Å². The smallest absolute Gasteiger partial charge is 0.160 e. The van der Waals surface area contributed by atoms with Gasteiger partial charge in [0.25, 0.3) is 0 Å². The van der Waals surface area contributed by atoms with Crippen molar-refractivity contribution in [2.45, 2.75) is 5.41 Å². The van der Waals surface area contributed by atoms with Gasteiger partial charge in [-0.05, 0) is 125 Å². The minimum absolute atomic E-state index is 0.467. The highest BCUT2D eigenvalue weighted by molar-refractivity contribution is 6.09. The van der Waals surface area contributed by atoms with E-state index in [1.807, 2.05) is 6.07 Å². The van der Waals surface area contributed by atoms with E-state index < -0.39 is 5.41 Å². The Hall–Kier alpha value is -8.46. The molecule has 2 nitrogen and oxygen atoms in total. The molecule has 1 spiro atoms. The standard InChI is InChI=1S/C63H40N2/c1-4-19-41(20-5-1)47-36-48(42-21-6-2-7-22-42)38-49(37-47)59-40-58(64-62(65-59)43-23-8-3-9-24-43)46-27-18-26-44(35-46)54-39-45-25-10-11-28-50(45)61-60(54)53-31-14-17-34-57(53)63(61)55-32-15-12-29-51(55)52-30-13-16-33-56(52)63/h1-40H. The second kappa shape index (κ2) is 14.8. The molecule has 0 aliphatic heterocycles. The molecule has 65 heavy (non-hydrogen) atoms. The van der Waals surface area contributed by atoms with Crippen LogP contribution in [0.15, 0.2) is 243 Å². The molecular weight excluding hydrogens is 785 g/mol. The van der Waals surface area contributed by atoms with Gasteiger partial charge < -0.3 is 0 Å². The first-order valence-electron chi connectivity index (χ1n) is 22.4. The quantitative estimate of drug-likeness (QED) is 0.167. The van der Waals surface area contributed by atoms with Crippen LogP contribution < -0.4 is 0 Å². The van der Waals surface area contributed by atoms with Crippen LogP contribution >= 0.6 is 0 Å². The number of fused-ring (bicyclic) bond motifs is 12. The molecule has 0 atom stereocenters. The zero-order valence-corrected chi connectivity index (χ0v) is 35.5. The average Bonchev–Trinajstić information content (AvgIpc) is 3.87. The first kappa shape index (κ1) is 37.1. The highest BCUT2D eigenvalue weighted by Gasteiger charge is 2.53. The van der Waals surface area contributed by atoms with Gasteiger partial charge in [-0.25, -0.2) is 9.97 Å². The number of rotatable bonds is 6. The van der Waals surface area contributed by atoms with Gasteiger partial charge in [-0.2, -0.15) is 0 Å². The van der Waals surface area contributed by atoms with Crippen LogP contribution in [0.3, 0.4) is 0 Å². The molecule has 0 amide bonds. The van der Waals surface area contributed by atoms with Crippen LogP contribution in [0, 0.1) is 0 Å². The summed E-state index contributed by atoms with van der Waals surface area (Å²) in [6.07, 6.45) is 0. The van der Waals surface area contributed by atoms with Crippen molar-refractivity contribution in [3.63, 3.8) is 0 Å². The van der Waals surface area contributed by atoms with Crippen LogP contribution in [0.2, 0.25) is 0 Å². The summed E-state index contributed by atoms with van der Waals surface area (Å²) in [5, 5.41) is 2.51. The molecule has 302 valence electrons. The van der Waals surface area contributed by atoms with Crippen molar-refractivity contribution < 1.29 is 0 Å². The summed E-state index contributed by atoms with van der Waals surface area (Å²) < 4.78 is 0. The summed E-state index contributed by atoms with van der Waals surface area (Å²) in [6.45, 7) is 0. The van der Waals surface area contributed by atoms with Crippen LogP contribution in [-0.2, 0) is 5.41 Å². The van der Waals surface area contributed by atoms with Gasteiger partial charge in [-0.3, -0.25) is 0 Å². The zero-order valence-electron chi connectivity index (χ0n) is 35.5. The van der Waals surface area contributed by atoms with Crippen LogP contribution in [0.5, 0.6) is 0 Å². The fourth-order valence-electron chi connectivity index (χ4n) is 10.9. The third-order valence-corrected chi connectivity index (χ3v) is 13.6. The summed E-state index contributed by atoms with van der Waals surface area (Å²) in [4.78, 5) is 10.7. The maximum Gasteiger partial charge on any atom is 0.160 e. The Labute approximate surface area is 378 Å². The fourth-order valence-corrected chi connectivity index (χ4v) is 10.9. The molecule has 2 heteroatoms. The number of benzene rings is 10. The molecule has 10 aromatic carbocycles. The van der Waals surface area contributed by atoms with E-state index in [-0.39, 0.29) is 0 Å². The van der Waals surface area contributed by atoms with Gasteiger partial charge in [0.05, 0.1) is 16.8 Å². The lowest BCUT2D eigenvalue weighted by Gasteiger charge is -2.31. The molecule has 11 aromatic rings. The van der Waals surface area contributed by atoms with Gasteiger partial charge in [-0.15, -0.1) is 0 Å². The Bertz CT molecular complexity index is 3540. The van der Waals surface area contributed by atoms with Crippen LogP contribution in [0.4, 0.5) is 0 Å². The Kier molecular flexibility index (Phi) is 8.47. The normalized spacial score (nSPS) is 12.7. The molecule has 0 unspecified atom stereocenters. The first-order chi connectivity index (χ1) is 32.2. The minimum atomic E-state index is -0.467. The maximum atomic E-state index is 5.35. The maximum absolute atomic E-state index is 5.35. The number of hydrogen-bond donors (Lipinski definition) is 0. The van der Waals surface area contributed by atoms with Gasteiger partial charge in [-0.1, -0.05) is 206 Å². The Morgan fingerprint density at radius 1 is 0.277 bits per heavy atom. The van der Waals surface area contributed by atoms with E-state index in [0.717, 1.165) is 55.9 Å². The largest absolute Gasteiger partial charge is 0.228 e. The van der Waals surface area contributed by atoms with E-state index in [1.54, 1.807) is 0 Å². The summed E-state index contributed by atoms with van der Waals surface area (Å²) in [5.41, 5.74) is 21.8. The van der Waals surface area contributed by atoms with Gasteiger partial charge in [0, 0.05) is 16.7 Å². The van der Waals surface area contributed by atoms with E-state index in [9.17, 15) is 0 Å². The van der Waals surface area contributed by atoms with Crippen molar-refractivity contribution in [3.8, 4) is 89.5 Å². The minimum Gasteiger partial charge on any atom is -0.228 e. The summed E-state index contributed by atoms with van der Waals surface area (Å²) in [6, 6.07) is 88.2. The number of nitrogens with zero attached hydrogens (tertiary/aromatic N) is 2. The molecular formula is C63H40N2. The third-order valence-electron chi connectivity index (χ3n) is 13.6. The Morgan fingerprint density at radius 3 is 1.35 bits per heavy atom. The molecule has 0 N–H and O–H groups in total. The second-order valence-electron chi connectivity index (χ2n) is 17.2. The Morgan fingerprint density at radius 2 is 0.723 bits per heavy atom. The molecule has 1 heterocycles. The predicted molar refractivity (Wildman–Crippen MR) is 268 cm³/mol. The van der Waals surface area contributed by atoms with E-state index in [0.29, 0.717) is 5.82 Å². The lowest BCUT2D eigenvalue weighted by molar-refractivity contribution is 0.801.